The number of ether oxygens (including phenoxy) is 1. The van der Waals surface area contributed by atoms with E-state index in [1.165, 1.54) is 5.56 Å². The van der Waals surface area contributed by atoms with Crippen molar-refractivity contribution < 1.29 is 13.2 Å². The number of aryl methyl sites for hydroxylation is 1. The van der Waals surface area contributed by atoms with Crippen LogP contribution in [0.3, 0.4) is 0 Å². The lowest BCUT2D eigenvalue weighted by molar-refractivity contribution is 0.315. The third-order valence-corrected chi connectivity index (χ3v) is 5.05. The van der Waals surface area contributed by atoms with E-state index < -0.39 is 9.84 Å². The molecule has 0 saturated heterocycles. The minimum absolute atomic E-state index is 0.193. The Labute approximate surface area is 118 Å². The molecule has 102 valence electrons. The molecule has 0 atom stereocenters. The molecule has 0 aliphatic heterocycles. The Kier molecular flexibility index (Phi) is 6.15. The highest BCUT2D eigenvalue weighted by atomic mass is 79.9. The quantitative estimate of drug-likeness (QED) is 0.568. The predicted molar refractivity (Wildman–Crippen MR) is 78.2 cm³/mol. The highest BCUT2D eigenvalue weighted by molar-refractivity contribution is 9.08. The highest BCUT2D eigenvalue weighted by Crippen LogP contribution is 2.22. The van der Waals surface area contributed by atoms with Gasteiger partial charge in [-0.2, -0.15) is 0 Å². The van der Waals surface area contributed by atoms with Crippen LogP contribution in [0.25, 0.3) is 0 Å². The molecule has 0 unspecified atom stereocenters. The van der Waals surface area contributed by atoms with Gasteiger partial charge in [0.15, 0.2) is 0 Å². The summed E-state index contributed by atoms with van der Waals surface area (Å²) in [6, 6.07) is 5.98. The molecule has 0 aliphatic rings. The van der Waals surface area contributed by atoms with Gasteiger partial charge in [-0.05, 0) is 19.4 Å². The monoisotopic (exact) mass is 334 g/mol. The van der Waals surface area contributed by atoms with Crippen LogP contribution in [0.4, 0.5) is 0 Å². The normalized spacial score (nSPS) is 11.5. The Bertz CT molecular complexity index is 483. The van der Waals surface area contributed by atoms with Crippen LogP contribution in [-0.4, -0.2) is 26.5 Å². The van der Waals surface area contributed by atoms with E-state index in [0.717, 1.165) is 16.6 Å². The average Bonchev–Trinajstić information content (AvgIpc) is 2.36. The number of benzene rings is 1. The van der Waals surface area contributed by atoms with Crippen molar-refractivity contribution in [2.75, 3.05) is 18.1 Å². The van der Waals surface area contributed by atoms with Crippen molar-refractivity contribution in [3.05, 3.63) is 29.3 Å². The van der Waals surface area contributed by atoms with Crippen LogP contribution < -0.4 is 4.74 Å². The van der Waals surface area contributed by atoms with Crippen molar-refractivity contribution in [1.82, 2.24) is 0 Å². The zero-order chi connectivity index (χ0) is 13.6. The molecular formula is C13H19BrO3S. The van der Waals surface area contributed by atoms with Crippen molar-refractivity contribution in [1.29, 1.82) is 0 Å². The standard InChI is InChI=1S/C13H19BrO3S/c1-3-18(15,16)8-4-7-17-13-6-5-11(2)9-12(13)10-14/h5-6,9H,3-4,7-8,10H2,1-2H3. The number of hydrogen-bond acceptors (Lipinski definition) is 3. The first-order valence-corrected chi connectivity index (χ1v) is 8.91. The summed E-state index contributed by atoms with van der Waals surface area (Å²) in [4.78, 5) is 0. The maximum atomic E-state index is 11.3. The number of halogens is 1. The van der Waals surface area contributed by atoms with Crippen molar-refractivity contribution in [3.63, 3.8) is 0 Å². The van der Waals surface area contributed by atoms with Crippen LogP contribution in [0.5, 0.6) is 5.75 Å². The lowest BCUT2D eigenvalue weighted by atomic mass is 10.1. The summed E-state index contributed by atoms with van der Waals surface area (Å²) in [6.07, 6.45) is 0.534. The molecule has 0 radical (unpaired) electrons. The molecule has 3 nitrogen and oxygen atoms in total. The van der Waals surface area contributed by atoms with Crippen molar-refractivity contribution in [2.45, 2.75) is 25.6 Å². The number of rotatable bonds is 7. The van der Waals surface area contributed by atoms with Gasteiger partial charge in [-0.15, -0.1) is 0 Å². The Morgan fingerprint density at radius 1 is 1.33 bits per heavy atom. The van der Waals surface area contributed by atoms with Crippen molar-refractivity contribution in [3.8, 4) is 5.75 Å². The fourth-order valence-electron chi connectivity index (χ4n) is 1.56. The minimum atomic E-state index is -2.89. The predicted octanol–water partition coefficient (Wildman–Crippen LogP) is 3.09. The molecule has 0 N–H and O–H groups in total. The average molecular weight is 335 g/mol. The molecule has 0 fully saturated rings. The second-order valence-electron chi connectivity index (χ2n) is 4.18. The maximum absolute atomic E-state index is 11.3. The Balaban J connectivity index is 2.49. The van der Waals surface area contributed by atoms with E-state index in [2.05, 4.69) is 22.0 Å². The number of sulfone groups is 1. The summed E-state index contributed by atoms with van der Waals surface area (Å²) in [6.45, 7) is 4.13. The molecule has 0 amide bonds. The van der Waals surface area contributed by atoms with Gasteiger partial charge in [-0.25, -0.2) is 8.42 Å². The SMILES string of the molecule is CCS(=O)(=O)CCCOc1ccc(C)cc1CBr. The van der Waals surface area contributed by atoms with Crippen molar-refractivity contribution >= 4 is 25.8 Å². The first-order chi connectivity index (χ1) is 8.48. The summed E-state index contributed by atoms with van der Waals surface area (Å²) in [5.74, 6) is 1.22. The molecule has 0 heterocycles. The first kappa shape index (κ1) is 15.5. The van der Waals surface area contributed by atoms with Gasteiger partial charge in [0.1, 0.15) is 15.6 Å². The smallest absolute Gasteiger partial charge is 0.150 e. The Hall–Kier alpha value is -0.550. The van der Waals surface area contributed by atoms with Gasteiger partial charge in [0, 0.05) is 16.6 Å². The Morgan fingerprint density at radius 2 is 2.06 bits per heavy atom. The van der Waals surface area contributed by atoms with Gasteiger partial charge in [0.2, 0.25) is 0 Å². The molecular weight excluding hydrogens is 316 g/mol. The van der Waals surface area contributed by atoms with E-state index in [-0.39, 0.29) is 11.5 Å². The summed E-state index contributed by atoms with van der Waals surface area (Å²) >= 11 is 3.42. The zero-order valence-electron chi connectivity index (χ0n) is 10.8. The molecule has 0 spiro atoms. The molecule has 0 aromatic heterocycles. The van der Waals surface area contributed by atoms with Gasteiger partial charge >= 0.3 is 0 Å². The topological polar surface area (TPSA) is 43.4 Å². The van der Waals surface area contributed by atoms with Gasteiger partial charge < -0.3 is 4.74 Å². The molecule has 0 saturated carbocycles. The number of hydrogen-bond donors (Lipinski definition) is 0. The maximum Gasteiger partial charge on any atom is 0.150 e. The zero-order valence-corrected chi connectivity index (χ0v) is 13.2. The van der Waals surface area contributed by atoms with E-state index in [9.17, 15) is 8.42 Å². The van der Waals surface area contributed by atoms with Gasteiger partial charge in [0.25, 0.3) is 0 Å². The molecule has 1 aromatic rings. The van der Waals surface area contributed by atoms with Crippen LogP contribution in [0, 0.1) is 6.92 Å². The van der Waals surface area contributed by atoms with Crippen LogP contribution >= 0.6 is 15.9 Å². The second-order valence-corrected chi connectivity index (χ2v) is 7.22. The van der Waals surface area contributed by atoms with Gasteiger partial charge in [0.05, 0.1) is 12.4 Å². The third-order valence-electron chi connectivity index (χ3n) is 2.66. The van der Waals surface area contributed by atoms with E-state index in [0.29, 0.717) is 13.0 Å². The van der Waals surface area contributed by atoms with Crippen LogP contribution in [0.2, 0.25) is 0 Å². The van der Waals surface area contributed by atoms with Crippen molar-refractivity contribution in [2.24, 2.45) is 0 Å². The Morgan fingerprint density at radius 3 is 2.67 bits per heavy atom. The largest absolute Gasteiger partial charge is 0.493 e. The fourth-order valence-corrected chi connectivity index (χ4v) is 2.84. The fraction of sp³-hybridized carbons (Fsp3) is 0.538. The van der Waals surface area contributed by atoms with Gasteiger partial charge in [-0.1, -0.05) is 40.5 Å². The summed E-state index contributed by atoms with van der Waals surface area (Å²) in [5, 5.41) is 0.733. The van der Waals surface area contributed by atoms with Crippen LogP contribution in [0.15, 0.2) is 18.2 Å². The van der Waals surface area contributed by atoms with E-state index in [1.807, 2.05) is 19.1 Å². The summed E-state index contributed by atoms with van der Waals surface area (Å²) < 4.78 is 28.3. The second kappa shape index (κ2) is 7.14. The first-order valence-electron chi connectivity index (χ1n) is 5.97. The van der Waals surface area contributed by atoms with E-state index >= 15 is 0 Å². The molecule has 1 aromatic carbocycles. The number of alkyl halides is 1. The van der Waals surface area contributed by atoms with Crippen LogP contribution in [0.1, 0.15) is 24.5 Å². The highest BCUT2D eigenvalue weighted by Gasteiger charge is 2.07. The summed E-state index contributed by atoms with van der Waals surface area (Å²) in [5.41, 5.74) is 2.28. The van der Waals surface area contributed by atoms with Crippen LogP contribution in [-0.2, 0) is 15.2 Å². The van der Waals surface area contributed by atoms with E-state index in [1.54, 1.807) is 6.92 Å². The third kappa shape index (κ3) is 4.98. The summed E-state index contributed by atoms with van der Waals surface area (Å²) in [7, 11) is -2.89. The van der Waals surface area contributed by atoms with Gasteiger partial charge in [-0.3, -0.25) is 0 Å². The molecule has 1 rings (SSSR count). The minimum Gasteiger partial charge on any atom is -0.493 e. The molecule has 18 heavy (non-hydrogen) atoms. The molecule has 0 bridgehead atoms. The molecule has 5 heteroatoms. The lowest BCUT2D eigenvalue weighted by Gasteiger charge is -2.10. The lowest BCUT2D eigenvalue weighted by Crippen LogP contribution is -2.12. The molecule has 0 aliphatic carbocycles. The van der Waals surface area contributed by atoms with E-state index in [4.69, 9.17) is 4.74 Å².